The Bertz CT molecular complexity index is 1140. The van der Waals surface area contributed by atoms with Crippen molar-refractivity contribution in [1.82, 2.24) is 0 Å². The molecule has 9 heteroatoms. The molecule has 2 aromatic carbocycles. The van der Waals surface area contributed by atoms with Gasteiger partial charge in [-0.05, 0) is 99.2 Å². The minimum atomic E-state index is -1.90. The Morgan fingerprint density at radius 2 is 1.57 bits per heavy atom. The zero-order chi connectivity index (χ0) is 30.1. The van der Waals surface area contributed by atoms with Gasteiger partial charge in [-0.2, -0.15) is 0 Å². The first kappa shape index (κ1) is 33.5. The summed E-state index contributed by atoms with van der Waals surface area (Å²) in [6, 6.07) is 14.0. The minimum absolute atomic E-state index is 0.103. The standard InChI is InChI=1S/C31H51ClO5Si3/c1-30(2,3)40(10,11)37-26-15-12-23(13-16-26)18-24-19-25(14-17-29(24)32)31(33)21-27(36-39(7,8)9)20-28(35-31)22-34-38(4,5)6/h12-17,19,27-28,33H,18,20-22H2,1-11H3/t27?,28-,31?/m0/s1. The summed E-state index contributed by atoms with van der Waals surface area (Å²) in [6.45, 7) is 24.7. The van der Waals surface area contributed by atoms with E-state index < -0.39 is 30.7 Å². The van der Waals surface area contributed by atoms with Gasteiger partial charge in [0.2, 0.25) is 8.32 Å². The first-order valence-corrected chi connectivity index (χ1v) is 24.5. The maximum Gasteiger partial charge on any atom is 0.250 e. The summed E-state index contributed by atoms with van der Waals surface area (Å²) in [6.07, 6.45) is 1.37. The van der Waals surface area contributed by atoms with Crippen LogP contribution in [0.5, 0.6) is 5.75 Å². The highest BCUT2D eigenvalue weighted by Gasteiger charge is 2.44. The van der Waals surface area contributed by atoms with Crippen LogP contribution in [0.15, 0.2) is 42.5 Å². The molecule has 1 N–H and O–H groups in total. The van der Waals surface area contributed by atoms with Crippen LogP contribution in [0.25, 0.3) is 0 Å². The van der Waals surface area contributed by atoms with Crippen molar-refractivity contribution in [2.75, 3.05) is 6.61 Å². The van der Waals surface area contributed by atoms with E-state index in [2.05, 4.69) is 85.3 Å². The second-order valence-corrected chi connectivity index (χ2v) is 28.8. The lowest BCUT2D eigenvalue weighted by atomic mass is 9.91. The van der Waals surface area contributed by atoms with E-state index in [1.54, 1.807) is 0 Å². The Labute approximate surface area is 250 Å². The molecule has 40 heavy (non-hydrogen) atoms. The van der Waals surface area contributed by atoms with E-state index >= 15 is 0 Å². The molecule has 0 spiro atoms. The first-order chi connectivity index (χ1) is 18.2. The number of rotatable bonds is 10. The molecule has 0 saturated carbocycles. The second kappa shape index (κ2) is 12.3. The van der Waals surface area contributed by atoms with E-state index in [0.717, 1.165) is 16.9 Å². The highest BCUT2D eigenvalue weighted by atomic mass is 35.5. The number of halogens is 1. The summed E-state index contributed by atoms with van der Waals surface area (Å²) in [5.74, 6) is -0.573. The summed E-state index contributed by atoms with van der Waals surface area (Å²) in [5.41, 5.74) is 2.77. The van der Waals surface area contributed by atoms with E-state index in [9.17, 15) is 5.11 Å². The van der Waals surface area contributed by atoms with Crippen LogP contribution in [-0.2, 0) is 25.8 Å². The fourth-order valence-corrected chi connectivity index (χ4v) is 7.66. The zero-order valence-electron chi connectivity index (χ0n) is 26.5. The molecule has 224 valence electrons. The van der Waals surface area contributed by atoms with Gasteiger partial charge >= 0.3 is 0 Å². The molecule has 1 fully saturated rings. The van der Waals surface area contributed by atoms with Crippen molar-refractivity contribution < 1.29 is 23.1 Å². The van der Waals surface area contributed by atoms with Crippen molar-refractivity contribution in [3.05, 3.63) is 64.2 Å². The predicted octanol–water partition coefficient (Wildman–Crippen LogP) is 8.71. The molecular weight excluding hydrogens is 572 g/mol. The molecule has 1 aliphatic heterocycles. The van der Waals surface area contributed by atoms with Gasteiger partial charge in [-0.3, -0.25) is 0 Å². The van der Waals surface area contributed by atoms with Gasteiger partial charge in [0.05, 0.1) is 18.8 Å². The predicted molar refractivity (Wildman–Crippen MR) is 174 cm³/mol. The first-order valence-electron chi connectivity index (χ1n) is 14.4. The average Bonchev–Trinajstić information content (AvgIpc) is 2.77. The van der Waals surface area contributed by atoms with E-state index in [0.29, 0.717) is 36.5 Å². The lowest BCUT2D eigenvalue weighted by Crippen LogP contribution is -2.49. The summed E-state index contributed by atoms with van der Waals surface area (Å²) in [5, 5.41) is 12.7. The van der Waals surface area contributed by atoms with Crippen molar-refractivity contribution in [3.8, 4) is 5.75 Å². The van der Waals surface area contributed by atoms with Gasteiger partial charge in [0.15, 0.2) is 22.4 Å². The zero-order valence-corrected chi connectivity index (χ0v) is 30.2. The molecule has 3 rings (SSSR count). The smallest absolute Gasteiger partial charge is 0.250 e. The average molecular weight is 623 g/mol. The van der Waals surface area contributed by atoms with Crippen LogP contribution in [0.2, 0.25) is 62.4 Å². The van der Waals surface area contributed by atoms with E-state index in [-0.39, 0.29) is 17.2 Å². The number of aliphatic hydroxyl groups is 1. The van der Waals surface area contributed by atoms with Crippen LogP contribution in [-0.4, -0.2) is 48.9 Å². The van der Waals surface area contributed by atoms with Gasteiger partial charge < -0.3 is 23.1 Å². The quantitative estimate of drug-likeness (QED) is 0.269. The third-order valence-electron chi connectivity index (χ3n) is 7.61. The molecule has 2 unspecified atom stereocenters. The normalized spacial score (nSPS) is 22.8. The summed E-state index contributed by atoms with van der Waals surface area (Å²) in [4.78, 5) is 0. The fourth-order valence-electron chi connectivity index (χ4n) is 4.57. The van der Waals surface area contributed by atoms with E-state index in [4.69, 9.17) is 29.6 Å². The molecule has 1 heterocycles. The van der Waals surface area contributed by atoms with Crippen molar-refractivity contribution in [1.29, 1.82) is 0 Å². The topological polar surface area (TPSA) is 57.2 Å². The third kappa shape index (κ3) is 9.52. The molecule has 1 aliphatic rings. The van der Waals surface area contributed by atoms with Gasteiger partial charge in [-0.15, -0.1) is 0 Å². The summed E-state index contributed by atoms with van der Waals surface area (Å²) >= 11 is 6.67. The van der Waals surface area contributed by atoms with Gasteiger partial charge in [-0.1, -0.05) is 50.6 Å². The Balaban J connectivity index is 1.83. The molecule has 2 aromatic rings. The molecule has 0 aromatic heterocycles. The van der Waals surface area contributed by atoms with Crippen molar-refractivity contribution in [3.63, 3.8) is 0 Å². The molecule has 1 saturated heterocycles. The van der Waals surface area contributed by atoms with Crippen LogP contribution in [0.1, 0.15) is 50.3 Å². The van der Waals surface area contributed by atoms with Crippen molar-refractivity contribution >= 4 is 36.6 Å². The largest absolute Gasteiger partial charge is 0.544 e. The number of hydrogen-bond donors (Lipinski definition) is 1. The third-order valence-corrected chi connectivity index (χ3v) is 14.4. The minimum Gasteiger partial charge on any atom is -0.544 e. The van der Waals surface area contributed by atoms with Crippen molar-refractivity contribution in [2.45, 2.75) is 115 Å². The van der Waals surface area contributed by atoms with Crippen LogP contribution >= 0.6 is 11.6 Å². The van der Waals surface area contributed by atoms with Crippen LogP contribution in [0.4, 0.5) is 0 Å². The van der Waals surface area contributed by atoms with Gasteiger partial charge in [-0.25, -0.2) is 0 Å². The van der Waals surface area contributed by atoms with Crippen LogP contribution < -0.4 is 4.43 Å². The fraction of sp³-hybridized carbons (Fsp3) is 0.613. The van der Waals surface area contributed by atoms with Gasteiger partial charge in [0, 0.05) is 23.4 Å². The lowest BCUT2D eigenvalue weighted by molar-refractivity contribution is -0.283. The van der Waals surface area contributed by atoms with Gasteiger partial charge in [0.25, 0.3) is 0 Å². The maximum atomic E-state index is 11.9. The lowest BCUT2D eigenvalue weighted by Gasteiger charge is -2.43. The second-order valence-electron chi connectivity index (χ2n) is 14.7. The monoisotopic (exact) mass is 622 g/mol. The Kier molecular flexibility index (Phi) is 10.3. The van der Waals surface area contributed by atoms with Gasteiger partial charge in [0.1, 0.15) is 5.75 Å². The maximum absolute atomic E-state index is 11.9. The molecule has 0 aliphatic carbocycles. The van der Waals surface area contributed by atoms with Crippen LogP contribution in [0.3, 0.4) is 0 Å². The summed E-state index contributed by atoms with van der Waals surface area (Å²) in [7, 11) is -5.47. The number of benzene rings is 2. The molecule has 3 atom stereocenters. The van der Waals surface area contributed by atoms with E-state index in [1.807, 2.05) is 30.3 Å². The molecule has 0 bridgehead atoms. The molecular formula is C31H51ClO5Si3. The Morgan fingerprint density at radius 1 is 0.950 bits per heavy atom. The molecule has 0 radical (unpaired) electrons. The molecule has 5 nitrogen and oxygen atoms in total. The highest BCUT2D eigenvalue weighted by Crippen LogP contribution is 2.40. The van der Waals surface area contributed by atoms with Crippen LogP contribution in [0, 0.1) is 0 Å². The summed E-state index contributed by atoms with van der Waals surface area (Å²) < 4.78 is 25.5. The number of ether oxygens (including phenoxy) is 1. The Hall–Kier alpha value is -0.979. The SMILES string of the molecule is CC(C)(C)[Si](C)(C)Oc1ccc(Cc2cc(C3(O)CC(O[Si](C)(C)C)C[C@@H](CO[Si](C)(C)C)O3)ccc2Cl)cc1. The van der Waals surface area contributed by atoms with Crippen molar-refractivity contribution in [2.24, 2.45) is 0 Å². The molecule has 0 amide bonds. The number of hydrogen-bond acceptors (Lipinski definition) is 5. The van der Waals surface area contributed by atoms with E-state index in [1.165, 1.54) is 0 Å². The highest BCUT2D eigenvalue weighted by molar-refractivity contribution is 6.74. The Morgan fingerprint density at radius 3 is 2.12 bits per heavy atom.